The molecule has 0 unspecified atom stereocenters. The quantitative estimate of drug-likeness (QED) is 0.517. The van der Waals surface area contributed by atoms with Gasteiger partial charge in [0.25, 0.3) is 0 Å². The lowest BCUT2D eigenvalue weighted by atomic mass is 10.2. The maximum absolute atomic E-state index is 5.06. The van der Waals surface area contributed by atoms with Crippen LogP contribution >= 0.6 is 0 Å². The summed E-state index contributed by atoms with van der Waals surface area (Å²) in [5.74, 6) is 0. The molecule has 0 spiro atoms. The van der Waals surface area contributed by atoms with E-state index in [0.717, 1.165) is 21.8 Å². The van der Waals surface area contributed by atoms with E-state index in [4.69, 9.17) is 4.42 Å². The normalized spacial score (nSPS) is 11.1. The van der Waals surface area contributed by atoms with Gasteiger partial charge in [-0.05, 0) is 6.07 Å². The second-order valence-corrected chi connectivity index (χ2v) is 2.76. The van der Waals surface area contributed by atoms with Gasteiger partial charge in [0, 0.05) is 11.6 Å². The van der Waals surface area contributed by atoms with E-state index in [1.807, 2.05) is 6.07 Å². The van der Waals surface area contributed by atoms with E-state index >= 15 is 0 Å². The van der Waals surface area contributed by atoms with E-state index < -0.39 is 0 Å². The summed E-state index contributed by atoms with van der Waals surface area (Å²) in [6.07, 6.45) is 6.68. The van der Waals surface area contributed by atoms with Crippen LogP contribution in [0.2, 0.25) is 0 Å². The molecule has 3 heterocycles. The molecule has 0 saturated carbocycles. The number of rotatable bonds is 0. The van der Waals surface area contributed by atoms with E-state index in [2.05, 4.69) is 15.2 Å². The minimum Gasteiger partial charge on any atom is -0.472 e. The van der Waals surface area contributed by atoms with Crippen LogP contribution in [0.5, 0.6) is 0 Å². The Morgan fingerprint density at radius 2 is 2.23 bits per heavy atom. The van der Waals surface area contributed by atoms with Crippen molar-refractivity contribution in [3.8, 4) is 0 Å². The summed E-state index contributed by atoms with van der Waals surface area (Å²) in [5.41, 5.74) is 1.72. The Balaban J connectivity index is 2.65. The van der Waals surface area contributed by atoms with E-state index in [1.54, 1.807) is 24.9 Å². The Morgan fingerprint density at radius 1 is 1.23 bits per heavy atom. The second kappa shape index (κ2) is 2.26. The molecule has 0 aromatic carbocycles. The average molecular weight is 171 g/mol. The van der Waals surface area contributed by atoms with Crippen LogP contribution in [0, 0.1) is 0 Å². The van der Waals surface area contributed by atoms with E-state index in [-0.39, 0.29) is 0 Å². The fraction of sp³-hybridized carbons (Fsp3) is 0. The highest BCUT2D eigenvalue weighted by Gasteiger charge is 2.03. The zero-order valence-corrected chi connectivity index (χ0v) is 6.64. The predicted octanol–water partition coefficient (Wildman–Crippen LogP) is 1.77. The maximum atomic E-state index is 5.06. The highest BCUT2D eigenvalue weighted by Crippen LogP contribution is 2.19. The molecule has 13 heavy (non-hydrogen) atoms. The molecule has 0 fully saturated rings. The molecule has 0 aliphatic carbocycles. The van der Waals surface area contributed by atoms with Gasteiger partial charge in [0.05, 0.1) is 23.4 Å². The van der Waals surface area contributed by atoms with Gasteiger partial charge in [-0.2, -0.15) is 5.10 Å². The lowest BCUT2D eigenvalue weighted by Gasteiger charge is -1.94. The molecule has 3 aromatic rings. The Hall–Kier alpha value is -1.97. The predicted molar refractivity (Wildman–Crippen MR) is 47.1 cm³/mol. The number of aromatic nitrogens is 3. The van der Waals surface area contributed by atoms with Gasteiger partial charge in [0.2, 0.25) is 0 Å². The molecule has 4 nitrogen and oxygen atoms in total. The zero-order valence-electron chi connectivity index (χ0n) is 6.64. The molecule has 0 saturated heterocycles. The van der Waals surface area contributed by atoms with Gasteiger partial charge in [-0.1, -0.05) is 0 Å². The van der Waals surface area contributed by atoms with Crippen LogP contribution in [0.25, 0.3) is 21.8 Å². The first-order valence-corrected chi connectivity index (χ1v) is 3.87. The van der Waals surface area contributed by atoms with Crippen LogP contribution in [-0.2, 0) is 0 Å². The minimum absolute atomic E-state index is 0.842. The molecule has 0 amide bonds. The number of nitrogens with zero attached hydrogens (tertiary/aromatic N) is 3. The van der Waals surface area contributed by atoms with Gasteiger partial charge in [-0.15, -0.1) is 5.10 Å². The summed E-state index contributed by atoms with van der Waals surface area (Å²) in [7, 11) is 0. The molecule has 62 valence electrons. The Labute approximate surface area is 73.2 Å². The summed E-state index contributed by atoms with van der Waals surface area (Å²) in [6, 6.07) is 1.81. The van der Waals surface area contributed by atoms with Crippen LogP contribution in [0.4, 0.5) is 0 Å². The molecule has 4 heteroatoms. The number of pyridine rings is 1. The second-order valence-electron chi connectivity index (χ2n) is 2.76. The molecule has 0 radical (unpaired) electrons. The summed E-state index contributed by atoms with van der Waals surface area (Å²) in [5, 5.41) is 9.66. The van der Waals surface area contributed by atoms with Crippen LogP contribution < -0.4 is 0 Å². The van der Waals surface area contributed by atoms with Gasteiger partial charge >= 0.3 is 0 Å². The van der Waals surface area contributed by atoms with Gasteiger partial charge in [0.15, 0.2) is 0 Å². The van der Waals surface area contributed by atoms with Crippen LogP contribution in [0.1, 0.15) is 0 Å². The highest BCUT2D eigenvalue weighted by atomic mass is 16.3. The average Bonchev–Trinajstić information content (AvgIpc) is 2.65. The first-order chi connectivity index (χ1) is 6.45. The highest BCUT2D eigenvalue weighted by molar-refractivity contribution is 6.01. The van der Waals surface area contributed by atoms with Crippen LogP contribution in [0.3, 0.4) is 0 Å². The Morgan fingerprint density at radius 3 is 3.23 bits per heavy atom. The third-order valence-corrected chi connectivity index (χ3v) is 1.99. The van der Waals surface area contributed by atoms with Gasteiger partial charge in [-0.25, -0.2) is 0 Å². The van der Waals surface area contributed by atoms with Gasteiger partial charge < -0.3 is 4.42 Å². The topological polar surface area (TPSA) is 51.8 Å². The SMILES string of the molecule is c1cc2ncc3cnnc3c2co1. The molecular formula is C9H5N3O. The lowest BCUT2D eigenvalue weighted by Crippen LogP contribution is -1.78. The van der Waals surface area contributed by atoms with Crippen molar-refractivity contribution in [1.29, 1.82) is 0 Å². The molecule has 0 aliphatic heterocycles. The standard InChI is InChI=1S/C9H5N3O/c1-2-13-5-7-8(1)10-3-6-4-11-12-9(6)7/h1-5H. The molecule has 0 atom stereocenters. The lowest BCUT2D eigenvalue weighted by molar-refractivity contribution is 0.557. The zero-order chi connectivity index (χ0) is 8.67. The first-order valence-electron chi connectivity index (χ1n) is 3.87. The largest absolute Gasteiger partial charge is 0.472 e. The molecule has 0 N–H and O–H groups in total. The third kappa shape index (κ3) is 0.823. The Bertz CT molecular complexity index is 573. The summed E-state index contributed by atoms with van der Waals surface area (Å²) in [4.78, 5) is 4.24. The number of hydrogen-bond donors (Lipinski definition) is 0. The van der Waals surface area contributed by atoms with Crippen molar-refractivity contribution in [2.75, 3.05) is 0 Å². The molecule has 0 bridgehead atoms. The fourth-order valence-electron chi connectivity index (χ4n) is 1.36. The monoisotopic (exact) mass is 171 g/mol. The number of fused-ring (bicyclic) bond motifs is 3. The molecule has 3 rings (SSSR count). The van der Waals surface area contributed by atoms with E-state index in [9.17, 15) is 0 Å². The van der Waals surface area contributed by atoms with Crippen molar-refractivity contribution < 1.29 is 4.42 Å². The third-order valence-electron chi connectivity index (χ3n) is 1.99. The fourth-order valence-corrected chi connectivity index (χ4v) is 1.36. The van der Waals surface area contributed by atoms with Crippen molar-refractivity contribution in [3.05, 3.63) is 31.0 Å². The molecule has 3 aromatic heterocycles. The number of hydrogen-bond acceptors (Lipinski definition) is 4. The van der Waals surface area contributed by atoms with Crippen molar-refractivity contribution in [2.45, 2.75) is 0 Å². The molecular weight excluding hydrogens is 166 g/mol. The summed E-state index contributed by atoms with van der Waals surface area (Å²) in [6.45, 7) is 0. The van der Waals surface area contributed by atoms with Crippen molar-refractivity contribution >= 4 is 21.8 Å². The van der Waals surface area contributed by atoms with Crippen molar-refractivity contribution in [3.63, 3.8) is 0 Å². The van der Waals surface area contributed by atoms with Crippen molar-refractivity contribution in [1.82, 2.24) is 15.2 Å². The maximum Gasteiger partial charge on any atom is 0.109 e. The van der Waals surface area contributed by atoms with Gasteiger partial charge in [0.1, 0.15) is 11.8 Å². The summed E-state index contributed by atoms with van der Waals surface area (Å²) < 4.78 is 5.06. The summed E-state index contributed by atoms with van der Waals surface area (Å²) >= 11 is 0. The van der Waals surface area contributed by atoms with Gasteiger partial charge in [-0.3, -0.25) is 4.98 Å². The van der Waals surface area contributed by atoms with Crippen LogP contribution in [-0.4, -0.2) is 15.2 Å². The van der Waals surface area contributed by atoms with Crippen LogP contribution in [0.15, 0.2) is 35.4 Å². The van der Waals surface area contributed by atoms with E-state index in [1.165, 1.54) is 0 Å². The molecule has 0 aliphatic rings. The smallest absolute Gasteiger partial charge is 0.109 e. The first kappa shape index (κ1) is 6.54. The van der Waals surface area contributed by atoms with E-state index in [0.29, 0.717) is 0 Å². The minimum atomic E-state index is 0.842. The Kier molecular flexibility index (Phi) is 1.14. The van der Waals surface area contributed by atoms with Crippen molar-refractivity contribution in [2.24, 2.45) is 0 Å².